The second kappa shape index (κ2) is 80.9. The molecule has 0 bridgehead atoms. The summed E-state index contributed by atoms with van der Waals surface area (Å²) in [6.07, 6.45) is 133. The van der Waals surface area contributed by atoms with Crippen LogP contribution in [-0.2, 0) is 19.1 Å². The highest BCUT2D eigenvalue weighted by molar-refractivity contribution is 5.70. The van der Waals surface area contributed by atoms with Gasteiger partial charge in [-0.3, -0.25) is 9.59 Å². The Balaban J connectivity index is 3.63. The number of unbranched alkanes of at least 4 members (excludes halogenated alkanes) is 18. The molecule has 0 aliphatic heterocycles. The Morgan fingerprint density at radius 3 is 0.660 bits per heavy atom. The van der Waals surface area contributed by atoms with Gasteiger partial charge in [-0.05, 0) is 167 Å². The summed E-state index contributed by atoms with van der Waals surface area (Å²) in [5.41, 5.74) is 0. The van der Waals surface area contributed by atoms with E-state index < -0.39 is 6.10 Å². The Labute approximate surface area is 578 Å². The molecule has 522 valence electrons. The van der Waals surface area contributed by atoms with Gasteiger partial charge in [0.25, 0.3) is 0 Å². The molecule has 5 nitrogen and oxygen atoms in total. The van der Waals surface area contributed by atoms with Gasteiger partial charge in [-0.1, -0.05) is 347 Å². The van der Waals surface area contributed by atoms with Crippen LogP contribution in [0.5, 0.6) is 0 Å². The molecule has 0 radical (unpaired) electrons. The lowest BCUT2D eigenvalue weighted by Gasteiger charge is -2.15. The van der Waals surface area contributed by atoms with Gasteiger partial charge in [-0.15, -0.1) is 0 Å². The number of rotatable bonds is 66. The molecular weight excluding hydrogens is 1150 g/mol. The number of esters is 2. The Morgan fingerprint density at radius 2 is 0.426 bits per heavy atom. The molecule has 0 heterocycles. The Kier molecular flexibility index (Phi) is 75.5. The Bertz CT molecular complexity index is 2300. The number of aliphatic hydroxyl groups is 1. The van der Waals surface area contributed by atoms with Crippen molar-refractivity contribution in [3.63, 3.8) is 0 Å². The lowest BCUT2D eigenvalue weighted by atomic mass is 10.0. The lowest BCUT2D eigenvalue weighted by Crippen LogP contribution is -2.28. The van der Waals surface area contributed by atoms with E-state index in [0.29, 0.717) is 12.8 Å². The minimum absolute atomic E-state index is 0.0972. The first-order chi connectivity index (χ1) is 46.6. The summed E-state index contributed by atoms with van der Waals surface area (Å²) < 4.78 is 10.7. The molecule has 0 aromatic carbocycles. The van der Waals surface area contributed by atoms with Crippen LogP contribution in [0.2, 0.25) is 0 Å². The third kappa shape index (κ3) is 78.1. The number of allylic oxidation sites excluding steroid dienone is 40. The van der Waals surface area contributed by atoms with Gasteiger partial charge in [0.05, 0.1) is 6.61 Å². The maximum atomic E-state index is 12.4. The van der Waals surface area contributed by atoms with Gasteiger partial charge >= 0.3 is 11.9 Å². The third-order valence-corrected chi connectivity index (χ3v) is 15.1. The summed E-state index contributed by atoms with van der Waals surface area (Å²) in [6, 6.07) is 0. The minimum Gasteiger partial charge on any atom is -0.462 e. The maximum Gasteiger partial charge on any atom is 0.306 e. The molecule has 1 atom stereocenters. The van der Waals surface area contributed by atoms with Gasteiger partial charge in [0, 0.05) is 12.8 Å². The average Bonchev–Trinajstić information content (AvgIpc) is 3.65. The van der Waals surface area contributed by atoms with E-state index in [1.165, 1.54) is 89.9 Å². The SMILES string of the molecule is CC/C=C\C/C=C\C/C=C\C/C=C\C/C=C\C/C=C\C/C=C\C/C=C\C/C=C\C/C=C\C/C=C\C/C=C\CCCCC(=O)OC(CO)COC(=O)CCCCCCCCCCCCCCCCCC/C=C\C/C=C\C/C=C\C/C=C\C/C=C\C/C=C\C/C=C\C/C=C\CC. The average molecular weight is 1290 g/mol. The van der Waals surface area contributed by atoms with Gasteiger partial charge in [0.1, 0.15) is 6.61 Å². The molecule has 0 saturated carbocycles. The molecule has 5 heteroatoms. The molecule has 0 fully saturated rings. The normalized spacial score (nSPS) is 13.7. The fraction of sp³-hybridized carbons (Fsp3) is 0.528. The highest BCUT2D eigenvalue weighted by Crippen LogP contribution is 2.16. The monoisotopic (exact) mass is 1290 g/mol. The predicted molar refractivity (Wildman–Crippen MR) is 416 cm³/mol. The van der Waals surface area contributed by atoms with E-state index >= 15 is 0 Å². The van der Waals surface area contributed by atoms with Crippen LogP contribution in [0.3, 0.4) is 0 Å². The van der Waals surface area contributed by atoms with Crippen molar-refractivity contribution >= 4 is 11.9 Å². The molecule has 0 amide bonds. The molecule has 0 aliphatic rings. The van der Waals surface area contributed by atoms with Crippen molar-refractivity contribution in [3.8, 4) is 0 Å². The van der Waals surface area contributed by atoms with Crippen molar-refractivity contribution < 1.29 is 24.2 Å². The highest BCUT2D eigenvalue weighted by Gasteiger charge is 2.16. The summed E-state index contributed by atoms with van der Waals surface area (Å²) in [5.74, 6) is -0.653. The quantitative estimate of drug-likeness (QED) is 0.0373. The van der Waals surface area contributed by atoms with Crippen molar-refractivity contribution in [2.24, 2.45) is 0 Å². The van der Waals surface area contributed by atoms with Gasteiger partial charge in [-0.25, -0.2) is 0 Å². The highest BCUT2D eigenvalue weighted by atomic mass is 16.6. The van der Waals surface area contributed by atoms with E-state index in [-0.39, 0.29) is 31.6 Å². The second-order valence-electron chi connectivity index (χ2n) is 23.9. The summed E-state index contributed by atoms with van der Waals surface area (Å²) in [7, 11) is 0. The molecular formula is C89H136O5. The summed E-state index contributed by atoms with van der Waals surface area (Å²) >= 11 is 0. The van der Waals surface area contributed by atoms with Crippen LogP contribution in [0.4, 0.5) is 0 Å². The number of hydrogen-bond acceptors (Lipinski definition) is 5. The van der Waals surface area contributed by atoms with Crippen LogP contribution in [0.25, 0.3) is 0 Å². The second-order valence-corrected chi connectivity index (χ2v) is 23.9. The first kappa shape index (κ1) is 87.7. The van der Waals surface area contributed by atoms with Gasteiger partial charge in [-0.2, -0.15) is 0 Å². The van der Waals surface area contributed by atoms with Crippen LogP contribution in [0.15, 0.2) is 243 Å². The van der Waals surface area contributed by atoms with Crippen LogP contribution in [-0.4, -0.2) is 36.4 Å². The lowest BCUT2D eigenvalue weighted by molar-refractivity contribution is -0.161. The summed E-state index contributed by atoms with van der Waals surface area (Å²) in [5, 5.41) is 9.71. The van der Waals surface area contributed by atoms with Crippen LogP contribution in [0, 0.1) is 0 Å². The molecule has 0 rings (SSSR count). The van der Waals surface area contributed by atoms with Crippen LogP contribution >= 0.6 is 0 Å². The van der Waals surface area contributed by atoms with Crippen molar-refractivity contribution in [2.75, 3.05) is 13.2 Å². The molecule has 0 aromatic rings. The van der Waals surface area contributed by atoms with E-state index in [1.807, 2.05) is 0 Å². The molecule has 1 unspecified atom stereocenters. The largest absolute Gasteiger partial charge is 0.462 e. The molecule has 0 aliphatic carbocycles. The van der Waals surface area contributed by atoms with Gasteiger partial charge in [0.15, 0.2) is 6.10 Å². The van der Waals surface area contributed by atoms with Crippen molar-refractivity contribution in [2.45, 2.75) is 290 Å². The zero-order valence-electron chi connectivity index (χ0n) is 59.9. The smallest absolute Gasteiger partial charge is 0.306 e. The summed E-state index contributed by atoms with van der Waals surface area (Å²) in [4.78, 5) is 24.7. The minimum atomic E-state index is -0.814. The number of ether oxygens (including phenoxy) is 2. The molecule has 0 saturated heterocycles. The standard InChI is InChI=1S/C89H136O5/c1-3-5-7-9-11-13-15-17-19-21-23-25-27-29-31-33-35-37-39-41-43-44-46-47-49-51-53-55-57-59-61-63-65-67-69-71-73-75-77-79-81-83-88(91)93-86-87(85-90)94-89(92)84-82-80-78-76-74-72-70-68-66-64-62-60-58-56-54-52-50-48-45-42-40-38-36-34-32-30-28-26-24-22-20-18-16-14-12-10-8-6-4-2/h5-8,11-14,17-20,23-26,29-32,35-38,41-43,45-47,50,52,56,58,62,64,68,70,74,76,87,90H,3-4,9-10,15-16,21-22,27-28,33-34,39-40,44,48-49,51,53-55,57,59-61,63,65-67,69,71-73,75,77-86H2,1-2H3/b7-5-,8-6-,13-11-,14-12-,19-17-,20-18-,25-23-,26-24-,31-29-,32-30-,37-35-,38-36-,43-41-,45-42-,47-46-,52-50-,58-56-,64-62-,70-68-,76-74-. The van der Waals surface area contributed by atoms with Crippen molar-refractivity contribution in [3.05, 3.63) is 243 Å². The zero-order chi connectivity index (χ0) is 67.5. The van der Waals surface area contributed by atoms with Crippen LogP contribution in [0.1, 0.15) is 284 Å². The molecule has 0 aromatic heterocycles. The molecule has 1 N–H and O–H groups in total. The predicted octanol–water partition coefficient (Wildman–Crippen LogP) is 27.0. The van der Waals surface area contributed by atoms with Gasteiger partial charge < -0.3 is 14.6 Å². The topological polar surface area (TPSA) is 72.8 Å². The van der Waals surface area contributed by atoms with E-state index in [1.54, 1.807) is 0 Å². The van der Waals surface area contributed by atoms with E-state index in [4.69, 9.17) is 9.47 Å². The number of carbonyl (C=O) groups is 2. The van der Waals surface area contributed by atoms with Crippen molar-refractivity contribution in [1.82, 2.24) is 0 Å². The maximum absolute atomic E-state index is 12.4. The van der Waals surface area contributed by atoms with E-state index in [0.717, 1.165) is 161 Å². The number of carbonyl (C=O) groups excluding carboxylic acids is 2. The number of aliphatic hydroxyl groups excluding tert-OH is 1. The molecule has 0 spiro atoms. The van der Waals surface area contributed by atoms with E-state index in [9.17, 15) is 14.7 Å². The Morgan fingerprint density at radius 1 is 0.245 bits per heavy atom. The fourth-order valence-electron chi connectivity index (χ4n) is 9.61. The van der Waals surface area contributed by atoms with Crippen molar-refractivity contribution in [1.29, 1.82) is 0 Å². The fourth-order valence-corrected chi connectivity index (χ4v) is 9.61. The van der Waals surface area contributed by atoms with Gasteiger partial charge in [0.2, 0.25) is 0 Å². The third-order valence-electron chi connectivity index (χ3n) is 15.1. The van der Waals surface area contributed by atoms with E-state index in [2.05, 4.69) is 257 Å². The summed E-state index contributed by atoms with van der Waals surface area (Å²) in [6.45, 7) is 3.87. The zero-order valence-corrected chi connectivity index (χ0v) is 59.9. The number of hydrogen-bond donors (Lipinski definition) is 1. The molecule has 94 heavy (non-hydrogen) atoms. The van der Waals surface area contributed by atoms with Crippen LogP contribution < -0.4 is 0 Å². The Hall–Kier alpha value is -6.30. The first-order valence-electron chi connectivity index (χ1n) is 37.6. The first-order valence-corrected chi connectivity index (χ1v) is 37.6.